The summed E-state index contributed by atoms with van der Waals surface area (Å²) in [7, 11) is 0. The second-order valence-electron chi connectivity index (χ2n) is 10.7. The molecule has 3 aromatic rings. The number of benzene rings is 3. The lowest BCUT2D eigenvalue weighted by atomic mass is 9.90. The number of carbonyl (C=O) groups is 2. The largest absolute Gasteiger partial charge is 0.487 e. The monoisotopic (exact) mass is 499 g/mol. The van der Waals surface area contributed by atoms with Crippen molar-refractivity contribution in [2.24, 2.45) is 0 Å². The maximum atomic E-state index is 13.2. The molecule has 1 aliphatic heterocycles. The van der Waals surface area contributed by atoms with E-state index in [-0.39, 0.29) is 30.9 Å². The van der Waals surface area contributed by atoms with E-state index >= 15 is 0 Å². The highest BCUT2D eigenvalue weighted by Crippen LogP contribution is 2.37. The van der Waals surface area contributed by atoms with Crippen LogP contribution < -0.4 is 4.74 Å². The number of rotatable bonds is 11. The lowest BCUT2D eigenvalue weighted by molar-refractivity contribution is -0.138. The summed E-state index contributed by atoms with van der Waals surface area (Å²) in [5.41, 5.74) is 5.44. The number of ether oxygens (including phenoxy) is 1. The zero-order valence-electron chi connectivity index (χ0n) is 22.1. The third-order valence-electron chi connectivity index (χ3n) is 7.09. The maximum absolute atomic E-state index is 13.2. The molecule has 0 fully saturated rings. The second-order valence-corrected chi connectivity index (χ2v) is 10.7. The van der Waals surface area contributed by atoms with Gasteiger partial charge in [-0.25, -0.2) is 0 Å². The molecule has 1 aliphatic rings. The SMILES string of the molecule is CC(C)c1ccc(C[C@@]2(C)Cc3cc(CC(=O)N(CCC(=O)O)CCc4ccccc4)ccc3O2)cc1. The fourth-order valence-corrected chi connectivity index (χ4v) is 5.02. The standard InChI is InChI=1S/C32H37NO4/c1-23(2)27-12-9-25(10-13-27)21-32(3)22-28-19-26(11-14-29(28)37-32)20-30(34)33(18-16-31(35)36)17-15-24-7-5-4-6-8-24/h4-14,19,23H,15-18,20-22H2,1-3H3,(H,35,36)/t32-/m0/s1. The first-order valence-corrected chi connectivity index (χ1v) is 13.1. The van der Waals surface area contributed by atoms with Crippen LogP contribution in [-0.4, -0.2) is 40.6 Å². The van der Waals surface area contributed by atoms with E-state index in [2.05, 4.69) is 51.1 Å². The summed E-state index contributed by atoms with van der Waals surface area (Å²) in [6.07, 6.45) is 2.48. The summed E-state index contributed by atoms with van der Waals surface area (Å²) in [5.74, 6) is 0.440. The molecular formula is C32H37NO4. The fourth-order valence-electron chi connectivity index (χ4n) is 5.02. The van der Waals surface area contributed by atoms with E-state index in [9.17, 15) is 9.59 Å². The van der Waals surface area contributed by atoms with Gasteiger partial charge in [-0.1, -0.05) is 80.6 Å². The van der Waals surface area contributed by atoms with Crippen LogP contribution >= 0.6 is 0 Å². The van der Waals surface area contributed by atoms with E-state index in [1.54, 1.807) is 4.90 Å². The second kappa shape index (κ2) is 11.6. The Morgan fingerprint density at radius 3 is 2.32 bits per heavy atom. The van der Waals surface area contributed by atoms with Crippen LogP contribution in [0.25, 0.3) is 0 Å². The Morgan fingerprint density at radius 1 is 0.946 bits per heavy atom. The van der Waals surface area contributed by atoms with Crippen molar-refractivity contribution in [1.82, 2.24) is 4.90 Å². The fraction of sp³-hybridized carbons (Fsp3) is 0.375. The van der Waals surface area contributed by atoms with Crippen molar-refractivity contribution < 1.29 is 19.4 Å². The molecule has 0 saturated carbocycles. The molecule has 1 atom stereocenters. The molecule has 0 spiro atoms. The van der Waals surface area contributed by atoms with Crippen LogP contribution in [0.5, 0.6) is 5.75 Å². The van der Waals surface area contributed by atoms with E-state index in [4.69, 9.17) is 9.84 Å². The van der Waals surface area contributed by atoms with Gasteiger partial charge in [0, 0.05) is 25.9 Å². The first-order chi connectivity index (χ1) is 17.7. The third kappa shape index (κ3) is 7.22. The zero-order valence-corrected chi connectivity index (χ0v) is 22.1. The average molecular weight is 500 g/mol. The number of amides is 1. The Labute approximate surface area is 220 Å². The summed E-state index contributed by atoms with van der Waals surface area (Å²) in [4.78, 5) is 26.0. The van der Waals surface area contributed by atoms with Crippen LogP contribution in [0.2, 0.25) is 0 Å². The molecular weight excluding hydrogens is 462 g/mol. The highest BCUT2D eigenvalue weighted by molar-refractivity contribution is 5.79. The maximum Gasteiger partial charge on any atom is 0.305 e. The molecule has 0 bridgehead atoms. The van der Waals surface area contributed by atoms with Crippen molar-refractivity contribution in [3.05, 3.63) is 101 Å². The summed E-state index contributed by atoms with van der Waals surface area (Å²) in [6.45, 7) is 7.25. The first kappa shape index (κ1) is 26.5. The predicted octanol–water partition coefficient (Wildman–Crippen LogP) is 5.83. The molecule has 0 saturated heterocycles. The molecule has 5 heteroatoms. The Hall–Kier alpha value is -3.60. The summed E-state index contributed by atoms with van der Waals surface area (Å²) in [5, 5.41) is 9.17. The molecule has 0 radical (unpaired) electrons. The number of nitrogens with zero attached hydrogens (tertiary/aromatic N) is 1. The number of fused-ring (bicyclic) bond motifs is 1. The van der Waals surface area contributed by atoms with Gasteiger partial charge in [0.05, 0.1) is 12.8 Å². The summed E-state index contributed by atoms with van der Waals surface area (Å²) >= 11 is 0. The van der Waals surface area contributed by atoms with E-state index in [1.807, 2.05) is 42.5 Å². The van der Waals surface area contributed by atoms with Crippen LogP contribution in [0, 0.1) is 0 Å². The van der Waals surface area contributed by atoms with Crippen LogP contribution in [0.3, 0.4) is 0 Å². The van der Waals surface area contributed by atoms with Crippen molar-refractivity contribution in [2.75, 3.05) is 13.1 Å². The van der Waals surface area contributed by atoms with Gasteiger partial charge in [-0.15, -0.1) is 0 Å². The number of hydrogen-bond donors (Lipinski definition) is 1. The molecule has 1 N–H and O–H groups in total. The predicted molar refractivity (Wildman–Crippen MR) is 146 cm³/mol. The van der Waals surface area contributed by atoms with Crippen LogP contribution in [-0.2, 0) is 35.3 Å². The highest BCUT2D eigenvalue weighted by atomic mass is 16.5. The van der Waals surface area contributed by atoms with Crippen molar-refractivity contribution in [2.45, 2.75) is 64.4 Å². The molecule has 0 aromatic heterocycles. The molecule has 37 heavy (non-hydrogen) atoms. The molecule has 0 unspecified atom stereocenters. The first-order valence-electron chi connectivity index (χ1n) is 13.1. The van der Waals surface area contributed by atoms with Crippen molar-refractivity contribution in [3.8, 4) is 5.75 Å². The number of carboxylic acids is 1. The van der Waals surface area contributed by atoms with E-state index in [0.29, 0.717) is 18.9 Å². The van der Waals surface area contributed by atoms with Gasteiger partial charge >= 0.3 is 5.97 Å². The van der Waals surface area contributed by atoms with Gasteiger partial charge in [-0.05, 0) is 53.1 Å². The lowest BCUT2D eigenvalue weighted by Gasteiger charge is -2.24. The number of hydrogen-bond acceptors (Lipinski definition) is 3. The van der Waals surface area contributed by atoms with Gasteiger partial charge in [0.25, 0.3) is 0 Å². The van der Waals surface area contributed by atoms with E-state index in [0.717, 1.165) is 35.3 Å². The van der Waals surface area contributed by atoms with Gasteiger partial charge in [0.2, 0.25) is 5.91 Å². The Balaban J connectivity index is 1.40. The minimum atomic E-state index is -0.898. The minimum Gasteiger partial charge on any atom is -0.487 e. The van der Waals surface area contributed by atoms with Gasteiger partial charge in [0.15, 0.2) is 0 Å². The van der Waals surface area contributed by atoms with Crippen molar-refractivity contribution in [3.63, 3.8) is 0 Å². The molecule has 3 aromatic carbocycles. The molecule has 1 amide bonds. The quantitative estimate of drug-likeness (QED) is 0.360. The number of carbonyl (C=O) groups excluding carboxylic acids is 1. The molecule has 4 rings (SSSR count). The third-order valence-corrected chi connectivity index (χ3v) is 7.09. The van der Waals surface area contributed by atoms with Crippen molar-refractivity contribution in [1.29, 1.82) is 0 Å². The molecule has 194 valence electrons. The minimum absolute atomic E-state index is 0.0518. The van der Waals surface area contributed by atoms with Gasteiger partial charge in [0.1, 0.15) is 11.4 Å². The number of aliphatic carboxylic acids is 1. The van der Waals surface area contributed by atoms with Crippen molar-refractivity contribution >= 4 is 11.9 Å². The summed E-state index contributed by atoms with van der Waals surface area (Å²) < 4.78 is 6.38. The van der Waals surface area contributed by atoms with E-state index < -0.39 is 5.97 Å². The molecule has 1 heterocycles. The molecule has 5 nitrogen and oxygen atoms in total. The van der Waals surface area contributed by atoms with Gasteiger partial charge in [-0.3, -0.25) is 9.59 Å². The normalized spacial score (nSPS) is 16.3. The van der Waals surface area contributed by atoms with Crippen LogP contribution in [0.1, 0.15) is 60.9 Å². The average Bonchev–Trinajstić information content (AvgIpc) is 3.19. The Kier molecular flexibility index (Phi) is 8.32. The number of carboxylic acid groups (broad SMARTS) is 1. The smallest absolute Gasteiger partial charge is 0.305 e. The lowest BCUT2D eigenvalue weighted by Crippen LogP contribution is -2.36. The Morgan fingerprint density at radius 2 is 1.65 bits per heavy atom. The highest BCUT2D eigenvalue weighted by Gasteiger charge is 2.35. The van der Waals surface area contributed by atoms with Gasteiger partial charge in [-0.2, -0.15) is 0 Å². The topological polar surface area (TPSA) is 66.8 Å². The van der Waals surface area contributed by atoms with Crippen LogP contribution in [0.4, 0.5) is 0 Å². The van der Waals surface area contributed by atoms with Gasteiger partial charge < -0.3 is 14.7 Å². The molecule has 0 aliphatic carbocycles. The van der Waals surface area contributed by atoms with Crippen LogP contribution in [0.15, 0.2) is 72.8 Å². The van der Waals surface area contributed by atoms with E-state index in [1.165, 1.54) is 11.1 Å². The Bertz CT molecular complexity index is 1220. The summed E-state index contributed by atoms with van der Waals surface area (Å²) in [6, 6.07) is 24.7. The zero-order chi connectivity index (χ0) is 26.4.